The molecule has 0 aliphatic carbocycles. The van der Waals surface area contributed by atoms with Crippen molar-refractivity contribution in [3.05, 3.63) is 53.6 Å². The molecule has 0 saturated carbocycles. The van der Waals surface area contributed by atoms with Crippen molar-refractivity contribution in [2.45, 2.75) is 26.3 Å². The van der Waals surface area contributed by atoms with Crippen molar-refractivity contribution in [1.82, 2.24) is 9.80 Å². The van der Waals surface area contributed by atoms with Gasteiger partial charge in [-0.25, -0.2) is 0 Å². The SMILES string of the molecule is COc1ccc2c3c(c4ccccc4cc13)C(=O)N(CCN(C)C(C)(C)C)C2=O. The van der Waals surface area contributed by atoms with Crippen LogP contribution in [0.3, 0.4) is 0 Å². The lowest BCUT2D eigenvalue weighted by molar-refractivity contribution is 0.0575. The van der Waals surface area contributed by atoms with Crippen molar-refractivity contribution in [2.24, 2.45) is 0 Å². The number of hydrogen-bond donors (Lipinski definition) is 0. The zero-order valence-electron chi connectivity index (χ0n) is 17.6. The van der Waals surface area contributed by atoms with Gasteiger partial charge < -0.3 is 4.74 Å². The van der Waals surface area contributed by atoms with Crippen LogP contribution in [0.2, 0.25) is 0 Å². The topological polar surface area (TPSA) is 49.9 Å². The molecule has 0 bridgehead atoms. The highest BCUT2D eigenvalue weighted by Crippen LogP contribution is 2.39. The molecule has 4 rings (SSSR count). The third-order valence-corrected chi connectivity index (χ3v) is 5.94. The molecule has 2 amide bonds. The molecule has 3 aromatic carbocycles. The van der Waals surface area contributed by atoms with Crippen LogP contribution in [0.5, 0.6) is 5.75 Å². The summed E-state index contributed by atoms with van der Waals surface area (Å²) in [6.07, 6.45) is 0. The van der Waals surface area contributed by atoms with Crippen LogP contribution in [-0.4, -0.2) is 54.4 Å². The van der Waals surface area contributed by atoms with E-state index in [1.54, 1.807) is 13.2 Å². The van der Waals surface area contributed by atoms with Crippen LogP contribution in [0.4, 0.5) is 0 Å². The summed E-state index contributed by atoms with van der Waals surface area (Å²) in [6, 6.07) is 13.4. The zero-order valence-corrected chi connectivity index (χ0v) is 17.6. The lowest BCUT2D eigenvalue weighted by Crippen LogP contribution is -2.47. The van der Waals surface area contributed by atoms with Gasteiger partial charge in [0.15, 0.2) is 0 Å². The van der Waals surface area contributed by atoms with Crippen LogP contribution < -0.4 is 4.74 Å². The molecule has 1 aliphatic heterocycles. The second-order valence-electron chi connectivity index (χ2n) is 8.56. The van der Waals surface area contributed by atoms with E-state index >= 15 is 0 Å². The first-order chi connectivity index (χ1) is 13.7. The molecule has 0 spiro atoms. The number of fused-ring (bicyclic) bond motifs is 2. The Labute approximate surface area is 170 Å². The summed E-state index contributed by atoms with van der Waals surface area (Å²) in [7, 11) is 3.61. The van der Waals surface area contributed by atoms with Gasteiger partial charge in [0, 0.05) is 35.0 Å². The number of ether oxygens (including phenoxy) is 1. The van der Waals surface area contributed by atoms with Crippen molar-refractivity contribution in [3.8, 4) is 5.75 Å². The Balaban J connectivity index is 1.90. The first-order valence-electron chi connectivity index (χ1n) is 9.84. The van der Waals surface area contributed by atoms with Gasteiger partial charge in [0.25, 0.3) is 11.8 Å². The Morgan fingerprint density at radius 1 is 1.00 bits per heavy atom. The summed E-state index contributed by atoms with van der Waals surface area (Å²) in [5, 5.41) is 3.31. The third-order valence-electron chi connectivity index (χ3n) is 5.94. The predicted octanol–water partition coefficient (Wildman–Crippen LogP) is 4.33. The fourth-order valence-corrected chi connectivity index (χ4v) is 3.89. The van der Waals surface area contributed by atoms with Gasteiger partial charge >= 0.3 is 0 Å². The minimum atomic E-state index is -0.243. The number of methoxy groups -OCH3 is 1. The molecule has 0 N–H and O–H groups in total. The molecule has 0 fully saturated rings. The van der Waals surface area contributed by atoms with Gasteiger partial charge in [-0.05, 0) is 56.8 Å². The summed E-state index contributed by atoms with van der Waals surface area (Å²) in [4.78, 5) is 30.3. The predicted molar refractivity (Wildman–Crippen MR) is 116 cm³/mol. The Morgan fingerprint density at radius 3 is 2.41 bits per heavy atom. The number of carbonyl (C=O) groups is 2. The fraction of sp³-hybridized carbons (Fsp3) is 0.333. The quantitative estimate of drug-likeness (QED) is 0.492. The molecule has 1 heterocycles. The van der Waals surface area contributed by atoms with Gasteiger partial charge in [-0.2, -0.15) is 0 Å². The summed E-state index contributed by atoms with van der Waals surface area (Å²) in [5.41, 5.74) is 1.10. The highest BCUT2D eigenvalue weighted by molar-refractivity contribution is 6.31. The molecule has 3 aromatic rings. The molecule has 0 radical (unpaired) electrons. The minimum Gasteiger partial charge on any atom is -0.496 e. The average Bonchev–Trinajstić information content (AvgIpc) is 2.69. The molecule has 0 aromatic heterocycles. The molecule has 29 heavy (non-hydrogen) atoms. The van der Waals surface area contributed by atoms with Gasteiger partial charge in [-0.1, -0.05) is 24.3 Å². The number of imide groups is 1. The van der Waals surface area contributed by atoms with Gasteiger partial charge in [-0.15, -0.1) is 0 Å². The van der Waals surface area contributed by atoms with Crippen molar-refractivity contribution >= 4 is 33.4 Å². The van der Waals surface area contributed by atoms with E-state index in [1.165, 1.54) is 4.90 Å². The Hall–Kier alpha value is -2.92. The van der Waals surface area contributed by atoms with Crippen molar-refractivity contribution in [2.75, 3.05) is 27.2 Å². The lowest BCUT2D eigenvalue weighted by Gasteiger charge is -2.35. The molecule has 0 unspecified atom stereocenters. The first kappa shape index (κ1) is 19.4. The maximum atomic E-state index is 13.5. The second-order valence-corrected chi connectivity index (χ2v) is 8.56. The van der Waals surface area contributed by atoms with Crippen LogP contribution in [-0.2, 0) is 0 Å². The highest BCUT2D eigenvalue weighted by Gasteiger charge is 2.35. The van der Waals surface area contributed by atoms with E-state index in [0.717, 1.165) is 16.2 Å². The monoisotopic (exact) mass is 390 g/mol. The van der Waals surface area contributed by atoms with Crippen LogP contribution in [0.1, 0.15) is 41.5 Å². The van der Waals surface area contributed by atoms with E-state index in [9.17, 15) is 9.59 Å². The normalized spacial score (nSPS) is 14.3. The largest absolute Gasteiger partial charge is 0.496 e. The molecule has 5 heteroatoms. The lowest BCUT2D eigenvalue weighted by atomic mass is 9.89. The number of rotatable bonds is 4. The first-order valence-corrected chi connectivity index (χ1v) is 9.84. The van der Waals surface area contributed by atoms with E-state index in [4.69, 9.17) is 4.74 Å². The molecule has 1 aliphatic rings. The Kier molecular flexibility index (Phi) is 4.58. The highest BCUT2D eigenvalue weighted by atomic mass is 16.5. The number of carbonyl (C=O) groups excluding carboxylic acids is 2. The number of amides is 2. The molecule has 0 atom stereocenters. The van der Waals surface area contributed by atoms with E-state index in [-0.39, 0.29) is 17.4 Å². The van der Waals surface area contributed by atoms with Crippen molar-refractivity contribution in [3.63, 3.8) is 0 Å². The molecular weight excluding hydrogens is 364 g/mol. The zero-order chi connectivity index (χ0) is 20.9. The molecule has 0 saturated heterocycles. The summed E-state index contributed by atoms with van der Waals surface area (Å²) in [5.74, 6) is 0.185. The summed E-state index contributed by atoms with van der Waals surface area (Å²) >= 11 is 0. The number of hydrogen-bond acceptors (Lipinski definition) is 4. The van der Waals surface area contributed by atoms with Crippen molar-refractivity contribution in [1.29, 1.82) is 0 Å². The van der Waals surface area contributed by atoms with E-state index in [2.05, 4.69) is 25.7 Å². The van der Waals surface area contributed by atoms with E-state index in [1.807, 2.05) is 43.4 Å². The number of nitrogens with zero attached hydrogens (tertiary/aromatic N) is 2. The van der Waals surface area contributed by atoms with Crippen LogP contribution in [0.15, 0.2) is 42.5 Å². The molecule has 150 valence electrons. The fourth-order valence-electron chi connectivity index (χ4n) is 3.89. The maximum Gasteiger partial charge on any atom is 0.262 e. The minimum absolute atomic E-state index is 0.0418. The molecular formula is C24H26N2O3. The van der Waals surface area contributed by atoms with Gasteiger partial charge in [0.05, 0.1) is 12.7 Å². The van der Waals surface area contributed by atoms with E-state index in [0.29, 0.717) is 35.4 Å². The average molecular weight is 390 g/mol. The second kappa shape index (κ2) is 6.85. The Bertz CT molecular complexity index is 1140. The molecule has 5 nitrogen and oxygen atoms in total. The van der Waals surface area contributed by atoms with Gasteiger partial charge in [-0.3, -0.25) is 19.4 Å². The smallest absolute Gasteiger partial charge is 0.262 e. The van der Waals surface area contributed by atoms with Crippen LogP contribution >= 0.6 is 0 Å². The third kappa shape index (κ3) is 3.06. The van der Waals surface area contributed by atoms with Crippen LogP contribution in [0, 0.1) is 0 Å². The summed E-state index contributed by atoms with van der Waals surface area (Å²) < 4.78 is 5.53. The van der Waals surface area contributed by atoms with Crippen LogP contribution in [0.25, 0.3) is 21.5 Å². The standard InChI is InChI=1S/C24H26N2O3/c1-24(2,3)25(4)12-13-26-22(27)17-10-11-19(29-5)18-14-15-8-6-7-9-16(15)21(20(17)18)23(26)28/h6-11,14H,12-13H2,1-5H3. The van der Waals surface area contributed by atoms with Gasteiger partial charge in [0.1, 0.15) is 5.75 Å². The van der Waals surface area contributed by atoms with E-state index < -0.39 is 0 Å². The summed E-state index contributed by atoms with van der Waals surface area (Å²) in [6.45, 7) is 7.30. The van der Waals surface area contributed by atoms with Gasteiger partial charge in [0.2, 0.25) is 0 Å². The van der Waals surface area contributed by atoms with Crippen molar-refractivity contribution < 1.29 is 14.3 Å². The maximum absolute atomic E-state index is 13.5. The number of likely N-dealkylation sites (N-methyl/N-ethyl adjacent to an activating group) is 1. The number of benzene rings is 3. The Morgan fingerprint density at radius 2 is 1.72 bits per heavy atom.